The summed E-state index contributed by atoms with van der Waals surface area (Å²) in [5.74, 6) is 1.06. The van der Waals surface area contributed by atoms with Crippen LogP contribution in [-0.4, -0.2) is 57.8 Å². The summed E-state index contributed by atoms with van der Waals surface area (Å²) in [5, 5.41) is 3.87. The highest BCUT2D eigenvalue weighted by molar-refractivity contribution is 5.96. The Labute approximate surface area is 157 Å². The quantitative estimate of drug-likeness (QED) is 0.794. The number of amides is 1. The van der Waals surface area contributed by atoms with E-state index in [0.717, 1.165) is 25.9 Å². The van der Waals surface area contributed by atoms with Gasteiger partial charge in [0.1, 0.15) is 16.9 Å². The summed E-state index contributed by atoms with van der Waals surface area (Å²) in [6.07, 6.45) is 6.23. The topological polar surface area (TPSA) is 90.6 Å². The number of nitrogens with zero attached hydrogens (tertiary/aromatic N) is 4. The van der Waals surface area contributed by atoms with Crippen molar-refractivity contribution in [2.24, 2.45) is 5.92 Å². The fourth-order valence-electron chi connectivity index (χ4n) is 4.01. The van der Waals surface area contributed by atoms with Crippen molar-refractivity contribution in [2.75, 3.05) is 26.3 Å². The van der Waals surface area contributed by atoms with Crippen LogP contribution in [0, 0.1) is 19.8 Å². The zero-order valence-corrected chi connectivity index (χ0v) is 15.7. The number of hydrogen-bond acceptors (Lipinski definition) is 7. The Balaban J connectivity index is 1.28. The fraction of sp³-hybridized carbons (Fsp3) is 0.579. The first-order valence-electron chi connectivity index (χ1n) is 9.32. The van der Waals surface area contributed by atoms with Crippen LogP contribution >= 0.6 is 0 Å². The largest absolute Gasteiger partial charge is 0.463 e. The van der Waals surface area contributed by atoms with Gasteiger partial charge in [0.2, 0.25) is 0 Å². The standard InChI is InChI=1S/C19H24N4O4/c1-13-16(14(2)27-22-13)17(24)23-11-19(12-23)10-15(5-9-26-19)4-8-25-18-20-6-3-7-21-18/h3,6-7,15H,4-5,8-12H2,1-2H3. The first-order chi connectivity index (χ1) is 13.1. The number of likely N-dealkylation sites (tertiary alicyclic amines) is 1. The van der Waals surface area contributed by atoms with Crippen LogP contribution < -0.4 is 4.74 Å². The minimum atomic E-state index is -0.221. The minimum absolute atomic E-state index is 0.0211. The summed E-state index contributed by atoms with van der Waals surface area (Å²) < 4.78 is 16.8. The maximum atomic E-state index is 12.7. The van der Waals surface area contributed by atoms with E-state index < -0.39 is 0 Å². The molecule has 0 aromatic carbocycles. The lowest BCUT2D eigenvalue weighted by Gasteiger charge is -2.53. The van der Waals surface area contributed by atoms with Gasteiger partial charge in [-0.25, -0.2) is 9.97 Å². The van der Waals surface area contributed by atoms with E-state index in [1.165, 1.54) is 0 Å². The van der Waals surface area contributed by atoms with Crippen LogP contribution in [0.3, 0.4) is 0 Å². The Hall–Kier alpha value is -2.48. The summed E-state index contributed by atoms with van der Waals surface area (Å²) in [4.78, 5) is 22.7. The number of aromatic nitrogens is 3. The maximum absolute atomic E-state index is 12.7. The van der Waals surface area contributed by atoms with Crippen molar-refractivity contribution < 1.29 is 18.8 Å². The molecule has 1 spiro atoms. The van der Waals surface area contributed by atoms with Crippen molar-refractivity contribution in [1.82, 2.24) is 20.0 Å². The average molecular weight is 372 g/mol. The second-order valence-electron chi connectivity index (χ2n) is 7.42. The molecule has 27 heavy (non-hydrogen) atoms. The molecule has 0 aliphatic carbocycles. The van der Waals surface area contributed by atoms with Gasteiger partial charge in [-0.05, 0) is 45.1 Å². The maximum Gasteiger partial charge on any atom is 0.316 e. The van der Waals surface area contributed by atoms with Gasteiger partial charge in [-0.2, -0.15) is 0 Å². The molecule has 0 saturated carbocycles. The molecule has 4 heterocycles. The molecule has 8 nitrogen and oxygen atoms in total. The Morgan fingerprint density at radius 3 is 2.81 bits per heavy atom. The molecule has 0 radical (unpaired) electrons. The van der Waals surface area contributed by atoms with E-state index in [4.69, 9.17) is 14.0 Å². The van der Waals surface area contributed by atoms with Gasteiger partial charge in [0.05, 0.1) is 25.4 Å². The summed E-state index contributed by atoms with van der Waals surface area (Å²) in [6.45, 7) is 6.12. The zero-order valence-electron chi connectivity index (χ0n) is 15.7. The molecule has 144 valence electrons. The van der Waals surface area contributed by atoms with E-state index >= 15 is 0 Å². The lowest BCUT2D eigenvalue weighted by Crippen LogP contribution is -2.66. The smallest absolute Gasteiger partial charge is 0.316 e. The fourth-order valence-corrected chi connectivity index (χ4v) is 4.01. The molecule has 0 N–H and O–H groups in total. The van der Waals surface area contributed by atoms with Crippen molar-refractivity contribution in [3.8, 4) is 6.01 Å². The molecule has 2 aromatic heterocycles. The molecule has 2 aliphatic rings. The Kier molecular flexibility index (Phi) is 4.82. The third kappa shape index (κ3) is 3.66. The third-order valence-corrected chi connectivity index (χ3v) is 5.39. The summed E-state index contributed by atoms with van der Waals surface area (Å²) in [6, 6.07) is 2.18. The highest BCUT2D eigenvalue weighted by atomic mass is 16.5. The number of rotatable bonds is 5. The van der Waals surface area contributed by atoms with Crippen molar-refractivity contribution in [1.29, 1.82) is 0 Å². The minimum Gasteiger partial charge on any atom is -0.463 e. The summed E-state index contributed by atoms with van der Waals surface area (Å²) in [5.41, 5.74) is 0.996. The van der Waals surface area contributed by atoms with E-state index in [9.17, 15) is 4.79 Å². The summed E-state index contributed by atoms with van der Waals surface area (Å²) >= 11 is 0. The second-order valence-corrected chi connectivity index (χ2v) is 7.42. The van der Waals surface area contributed by atoms with Gasteiger partial charge in [0, 0.05) is 19.0 Å². The summed E-state index contributed by atoms with van der Waals surface area (Å²) in [7, 11) is 0. The van der Waals surface area contributed by atoms with Crippen LogP contribution in [0.5, 0.6) is 6.01 Å². The first-order valence-corrected chi connectivity index (χ1v) is 9.32. The average Bonchev–Trinajstić information content (AvgIpc) is 2.99. The van der Waals surface area contributed by atoms with Crippen LogP contribution in [0.1, 0.15) is 41.1 Å². The first kappa shape index (κ1) is 17.9. The van der Waals surface area contributed by atoms with Gasteiger partial charge in [0.25, 0.3) is 5.91 Å². The highest BCUT2D eigenvalue weighted by Crippen LogP contribution is 2.39. The molecular formula is C19H24N4O4. The lowest BCUT2D eigenvalue weighted by molar-refractivity contribution is -0.166. The Morgan fingerprint density at radius 1 is 1.33 bits per heavy atom. The van der Waals surface area contributed by atoms with Gasteiger partial charge in [-0.1, -0.05) is 5.16 Å². The van der Waals surface area contributed by atoms with Crippen LogP contribution in [0.15, 0.2) is 23.0 Å². The Bertz CT molecular complexity index is 782. The predicted molar refractivity (Wildman–Crippen MR) is 95.4 cm³/mol. The van der Waals surface area contributed by atoms with E-state index in [2.05, 4.69) is 15.1 Å². The molecule has 2 fully saturated rings. The van der Waals surface area contributed by atoms with Gasteiger partial charge in [0.15, 0.2) is 0 Å². The van der Waals surface area contributed by atoms with Gasteiger partial charge in [-0.3, -0.25) is 4.79 Å². The molecule has 0 bridgehead atoms. The predicted octanol–water partition coefficient (Wildman–Crippen LogP) is 2.17. The number of carbonyl (C=O) groups excluding carboxylic acids is 1. The van der Waals surface area contributed by atoms with Crippen LogP contribution in [0.25, 0.3) is 0 Å². The van der Waals surface area contributed by atoms with Gasteiger partial charge < -0.3 is 18.9 Å². The van der Waals surface area contributed by atoms with Crippen molar-refractivity contribution in [2.45, 2.75) is 38.7 Å². The third-order valence-electron chi connectivity index (χ3n) is 5.39. The molecule has 2 aromatic rings. The van der Waals surface area contributed by atoms with Gasteiger partial charge in [-0.15, -0.1) is 0 Å². The molecule has 2 saturated heterocycles. The normalized spacial score (nSPS) is 21.1. The number of ether oxygens (including phenoxy) is 2. The van der Waals surface area contributed by atoms with Crippen molar-refractivity contribution >= 4 is 5.91 Å². The van der Waals surface area contributed by atoms with E-state index in [0.29, 0.717) is 48.6 Å². The monoisotopic (exact) mass is 372 g/mol. The van der Waals surface area contributed by atoms with Crippen molar-refractivity contribution in [3.05, 3.63) is 35.5 Å². The van der Waals surface area contributed by atoms with E-state index in [1.54, 1.807) is 32.3 Å². The SMILES string of the molecule is Cc1noc(C)c1C(=O)N1CC2(CC(CCOc3ncccn3)CCO2)C1. The Morgan fingerprint density at radius 2 is 2.11 bits per heavy atom. The number of hydrogen-bond donors (Lipinski definition) is 0. The molecule has 1 unspecified atom stereocenters. The zero-order chi connectivity index (χ0) is 18.9. The number of aryl methyl sites for hydroxylation is 2. The molecule has 4 rings (SSSR count). The molecule has 1 amide bonds. The molecule has 2 aliphatic heterocycles. The van der Waals surface area contributed by atoms with E-state index in [1.807, 2.05) is 4.90 Å². The number of carbonyl (C=O) groups is 1. The van der Waals surface area contributed by atoms with Crippen LogP contribution in [0.4, 0.5) is 0 Å². The molecule has 1 atom stereocenters. The van der Waals surface area contributed by atoms with Gasteiger partial charge >= 0.3 is 6.01 Å². The highest BCUT2D eigenvalue weighted by Gasteiger charge is 2.49. The molecular weight excluding hydrogens is 348 g/mol. The second kappa shape index (κ2) is 7.26. The van der Waals surface area contributed by atoms with Crippen LogP contribution in [-0.2, 0) is 4.74 Å². The van der Waals surface area contributed by atoms with E-state index in [-0.39, 0.29) is 11.5 Å². The van der Waals surface area contributed by atoms with Crippen molar-refractivity contribution in [3.63, 3.8) is 0 Å². The lowest BCUT2D eigenvalue weighted by atomic mass is 9.79. The molecule has 8 heteroatoms. The van der Waals surface area contributed by atoms with Crippen LogP contribution in [0.2, 0.25) is 0 Å².